The van der Waals surface area contributed by atoms with E-state index in [2.05, 4.69) is 17.2 Å². The number of alkyl carbamates (subject to hydrolysis) is 1. The fraction of sp³-hybridized carbons (Fsp3) is 0.125. The molecule has 2 aromatic rings. The Morgan fingerprint density at radius 3 is 2.79 bits per heavy atom. The predicted octanol–water partition coefficient (Wildman–Crippen LogP) is 2.75. The molecule has 0 saturated carbocycles. The number of nitro groups is 1. The summed E-state index contributed by atoms with van der Waals surface area (Å²) in [6.07, 6.45) is -0.108. The quantitative estimate of drug-likeness (QED) is 0.389. The summed E-state index contributed by atoms with van der Waals surface area (Å²) >= 11 is 0.756. The molecule has 122 valence electrons. The number of ether oxygens (including phenoxy) is 1. The van der Waals surface area contributed by atoms with Crippen molar-refractivity contribution in [1.82, 2.24) is 5.32 Å². The van der Waals surface area contributed by atoms with Gasteiger partial charge in [0.2, 0.25) is 0 Å². The highest BCUT2D eigenvalue weighted by Crippen LogP contribution is 2.28. The lowest BCUT2D eigenvalue weighted by atomic mass is 10.2. The first-order valence-electron chi connectivity index (χ1n) is 6.77. The summed E-state index contributed by atoms with van der Waals surface area (Å²) in [5, 5.41) is 13.1. The monoisotopic (exact) mass is 344 g/mol. The van der Waals surface area contributed by atoms with Crippen LogP contribution in [0.2, 0.25) is 0 Å². The van der Waals surface area contributed by atoms with E-state index < -0.39 is 11.0 Å². The molecule has 0 bridgehead atoms. The fourth-order valence-electron chi connectivity index (χ4n) is 1.71. The average Bonchev–Trinajstić information content (AvgIpc) is 3.01. The van der Waals surface area contributed by atoms with Gasteiger partial charge in [-0.1, -0.05) is 53.5 Å². The van der Waals surface area contributed by atoms with Gasteiger partial charge in [0, 0.05) is 0 Å². The van der Waals surface area contributed by atoms with E-state index in [0.717, 1.165) is 16.9 Å². The molecule has 1 aromatic carbocycles. The lowest BCUT2D eigenvalue weighted by Gasteiger charge is -2.04. The molecule has 0 aliphatic rings. The third-order valence-corrected chi connectivity index (χ3v) is 3.78. The van der Waals surface area contributed by atoms with Crippen LogP contribution >= 0.6 is 11.3 Å². The summed E-state index contributed by atoms with van der Waals surface area (Å²) in [5.74, 6) is 5.16. The second-order valence-corrected chi connectivity index (χ2v) is 5.52. The van der Waals surface area contributed by atoms with Gasteiger partial charge in [-0.25, -0.2) is 4.79 Å². The van der Waals surface area contributed by atoms with E-state index in [1.54, 1.807) is 0 Å². The number of thiophene rings is 1. The Morgan fingerprint density at radius 1 is 1.38 bits per heavy atom. The number of rotatable bonds is 5. The molecule has 0 fully saturated rings. The number of amides is 1. The normalized spacial score (nSPS) is 9.50. The molecule has 0 radical (unpaired) electrons. The zero-order valence-corrected chi connectivity index (χ0v) is 13.2. The maximum Gasteiger partial charge on any atom is 0.408 e. The van der Waals surface area contributed by atoms with Crippen molar-refractivity contribution in [3.05, 3.63) is 62.5 Å². The standard InChI is InChI=1S/C16H12N2O5S/c19-10-14-9-13(15(24-14)18(21)22)7-4-8-17-16(20)23-11-12-5-2-1-3-6-12/h1-3,5-6,9-10H,8,11H2,(H,17,20). The first kappa shape index (κ1) is 17.2. The molecule has 1 aromatic heterocycles. The van der Waals surface area contributed by atoms with Gasteiger partial charge in [0.15, 0.2) is 6.29 Å². The van der Waals surface area contributed by atoms with Gasteiger partial charge in [-0.05, 0) is 11.6 Å². The number of aldehydes is 1. The Hall–Kier alpha value is -3.18. The third kappa shape index (κ3) is 4.93. The second-order valence-electron chi connectivity index (χ2n) is 4.46. The van der Waals surface area contributed by atoms with Crippen LogP contribution in [0.4, 0.5) is 9.80 Å². The highest BCUT2D eigenvalue weighted by molar-refractivity contribution is 7.17. The molecular formula is C16H12N2O5S. The third-order valence-electron chi connectivity index (χ3n) is 2.77. The van der Waals surface area contributed by atoms with Crippen molar-refractivity contribution in [2.24, 2.45) is 0 Å². The topological polar surface area (TPSA) is 98.5 Å². The number of carbonyl (C=O) groups excluding carboxylic acids is 2. The minimum atomic E-state index is -0.637. The van der Waals surface area contributed by atoms with Crippen LogP contribution in [0.3, 0.4) is 0 Å². The minimum Gasteiger partial charge on any atom is -0.445 e. The summed E-state index contributed by atoms with van der Waals surface area (Å²) in [6.45, 7) is 0.107. The Bertz CT molecular complexity index is 805. The maximum absolute atomic E-state index is 11.5. The smallest absolute Gasteiger partial charge is 0.408 e. The molecule has 1 N–H and O–H groups in total. The van der Waals surface area contributed by atoms with Crippen LogP contribution in [0.5, 0.6) is 0 Å². The van der Waals surface area contributed by atoms with Gasteiger partial charge < -0.3 is 10.1 Å². The highest BCUT2D eigenvalue weighted by atomic mass is 32.1. The van der Waals surface area contributed by atoms with Crippen molar-refractivity contribution < 1.29 is 19.2 Å². The lowest BCUT2D eigenvalue weighted by molar-refractivity contribution is -0.380. The van der Waals surface area contributed by atoms with Gasteiger partial charge in [0.05, 0.1) is 16.3 Å². The summed E-state index contributed by atoms with van der Waals surface area (Å²) in [7, 11) is 0. The van der Waals surface area contributed by atoms with Crippen molar-refractivity contribution in [3.63, 3.8) is 0 Å². The van der Waals surface area contributed by atoms with Gasteiger partial charge in [0.25, 0.3) is 0 Å². The van der Waals surface area contributed by atoms with Crippen LogP contribution in [0, 0.1) is 22.0 Å². The molecule has 2 rings (SSSR count). The van der Waals surface area contributed by atoms with E-state index in [4.69, 9.17) is 4.74 Å². The molecular weight excluding hydrogens is 332 g/mol. The second kappa shape index (κ2) is 8.45. The van der Waals surface area contributed by atoms with E-state index in [-0.39, 0.29) is 28.6 Å². The van der Waals surface area contributed by atoms with Crippen LogP contribution < -0.4 is 5.32 Å². The number of nitrogens with one attached hydrogen (secondary N) is 1. The van der Waals surface area contributed by atoms with Crippen molar-refractivity contribution in [3.8, 4) is 11.8 Å². The number of carbonyl (C=O) groups is 2. The molecule has 0 aliphatic heterocycles. The van der Waals surface area contributed by atoms with E-state index in [1.165, 1.54) is 6.07 Å². The van der Waals surface area contributed by atoms with Crippen LogP contribution in [0.25, 0.3) is 0 Å². The zero-order chi connectivity index (χ0) is 17.4. The molecule has 1 amide bonds. The van der Waals surface area contributed by atoms with Gasteiger partial charge in [-0.15, -0.1) is 0 Å². The van der Waals surface area contributed by atoms with E-state index in [1.807, 2.05) is 30.3 Å². The van der Waals surface area contributed by atoms with Crippen molar-refractivity contribution in [2.75, 3.05) is 6.54 Å². The fourth-order valence-corrected chi connectivity index (χ4v) is 2.46. The van der Waals surface area contributed by atoms with Crippen LogP contribution in [-0.4, -0.2) is 23.8 Å². The first-order chi connectivity index (χ1) is 11.6. The summed E-state index contributed by atoms with van der Waals surface area (Å²) in [5.41, 5.74) is 1.00. The Morgan fingerprint density at radius 2 is 2.12 bits per heavy atom. The Kier molecular flexibility index (Phi) is 6.05. The molecule has 0 aliphatic carbocycles. The van der Waals surface area contributed by atoms with Gasteiger partial charge in [-0.3, -0.25) is 14.9 Å². The lowest BCUT2D eigenvalue weighted by Crippen LogP contribution is -2.24. The summed E-state index contributed by atoms with van der Waals surface area (Å²) in [6, 6.07) is 10.5. The number of hydrogen-bond acceptors (Lipinski definition) is 6. The molecule has 8 heteroatoms. The van der Waals surface area contributed by atoms with E-state index in [0.29, 0.717) is 6.29 Å². The average molecular weight is 344 g/mol. The molecule has 1 heterocycles. The summed E-state index contributed by atoms with van der Waals surface area (Å²) in [4.78, 5) is 32.7. The Balaban J connectivity index is 1.85. The van der Waals surface area contributed by atoms with Crippen molar-refractivity contribution >= 4 is 28.7 Å². The van der Waals surface area contributed by atoms with Crippen LogP contribution in [-0.2, 0) is 11.3 Å². The summed E-state index contributed by atoms with van der Waals surface area (Å²) < 4.78 is 4.99. The van der Waals surface area contributed by atoms with Crippen LogP contribution in [0.1, 0.15) is 20.8 Å². The molecule has 0 atom stereocenters. The number of benzene rings is 1. The molecule has 24 heavy (non-hydrogen) atoms. The molecule has 7 nitrogen and oxygen atoms in total. The highest BCUT2D eigenvalue weighted by Gasteiger charge is 2.17. The molecule has 0 unspecified atom stereocenters. The van der Waals surface area contributed by atoms with Crippen molar-refractivity contribution in [1.29, 1.82) is 0 Å². The number of nitrogens with zero attached hydrogens (tertiary/aromatic N) is 1. The van der Waals surface area contributed by atoms with Crippen LogP contribution in [0.15, 0.2) is 36.4 Å². The van der Waals surface area contributed by atoms with Crippen molar-refractivity contribution in [2.45, 2.75) is 6.61 Å². The van der Waals surface area contributed by atoms with E-state index in [9.17, 15) is 19.7 Å². The predicted molar refractivity (Wildman–Crippen MR) is 87.9 cm³/mol. The SMILES string of the molecule is O=Cc1cc(C#CCNC(=O)OCc2ccccc2)c([N+](=O)[O-])s1. The molecule has 0 spiro atoms. The molecule has 0 saturated heterocycles. The van der Waals surface area contributed by atoms with Gasteiger partial charge >= 0.3 is 11.1 Å². The largest absolute Gasteiger partial charge is 0.445 e. The van der Waals surface area contributed by atoms with Gasteiger partial charge in [-0.2, -0.15) is 0 Å². The zero-order valence-electron chi connectivity index (χ0n) is 12.4. The Labute approximate surface area is 141 Å². The van der Waals surface area contributed by atoms with E-state index >= 15 is 0 Å². The number of hydrogen-bond donors (Lipinski definition) is 1. The minimum absolute atomic E-state index is 0.0307. The first-order valence-corrected chi connectivity index (χ1v) is 7.58. The van der Waals surface area contributed by atoms with Gasteiger partial charge in [0.1, 0.15) is 12.2 Å². The maximum atomic E-state index is 11.5.